The van der Waals surface area contributed by atoms with Crippen molar-refractivity contribution in [1.82, 2.24) is 9.97 Å². The van der Waals surface area contributed by atoms with E-state index in [1.54, 1.807) is 55.9 Å². The Morgan fingerprint density at radius 2 is 1.63 bits per heavy atom. The van der Waals surface area contributed by atoms with Crippen LogP contribution in [-0.4, -0.2) is 42.2 Å². The summed E-state index contributed by atoms with van der Waals surface area (Å²) in [5.41, 5.74) is 7.67. The number of ether oxygens (including phenoxy) is 2. The fraction of sp³-hybridized carbons (Fsp3) is 0.167. The normalized spacial score (nSPS) is 14.1. The van der Waals surface area contributed by atoms with Gasteiger partial charge in [0, 0.05) is 54.7 Å². The number of carbonyl (C=O) groups excluding carboxylic acids is 2. The van der Waals surface area contributed by atoms with Crippen LogP contribution in [0.5, 0.6) is 17.2 Å². The minimum absolute atomic E-state index is 0.407. The molecule has 208 valence electrons. The number of hydrogen-bond donors (Lipinski definition) is 3. The van der Waals surface area contributed by atoms with Crippen molar-refractivity contribution in [2.45, 2.75) is 12.8 Å². The molecule has 2 aromatic heterocycles. The number of nitrogens with two attached hydrogens (primary N) is 1. The molecule has 10 nitrogen and oxygen atoms in total. The van der Waals surface area contributed by atoms with Crippen LogP contribution in [-0.2, 0) is 9.59 Å². The second-order valence-electron chi connectivity index (χ2n) is 9.35. The number of nitrogens with one attached hydrogen (secondary N) is 2. The fourth-order valence-electron chi connectivity index (χ4n) is 4.25. The summed E-state index contributed by atoms with van der Waals surface area (Å²) in [5, 5.41) is 5.51. The number of anilines is 2. The largest absolute Gasteiger partial charge is 0.494 e. The van der Waals surface area contributed by atoms with E-state index in [0.717, 1.165) is 0 Å². The number of aliphatic imine (C=N–C) groups is 1. The van der Waals surface area contributed by atoms with E-state index in [0.29, 0.717) is 63.8 Å². The number of benzene rings is 2. The van der Waals surface area contributed by atoms with Crippen molar-refractivity contribution in [3.63, 3.8) is 0 Å². The lowest BCUT2D eigenvalue weighted by Gasteiger charge is -2.16. The summed E-state index contributed by atoms with van der Waals surface area (Å²) in [6.45, 7) is 0. The van der Waals surface area contributed by atoms with E-state index in [1.807, 2.05) is 0 Å². The van der Waals surface area contributed by atoms with Gasteiger partial charge in [-0.05, 0) is 61.4 Å². The minimum Gasteiger partial charge on any atom is -0.494 e. The van der Waals surface area contributed by atoms with E-state index in [-0.39, 0.29) is 0 Å². The quantitative estimate of drug-likeness (QED) is 0.197. The summed E-state index contributed by atoms with van der Waals surface area (Å²) < 4.78 is 24.8. The molecule has 0 atom stereocenters. The first-order valence-electron chi connectivity index (χ1n) is 12.7. The summed E-state index contributed by atoms with van der Waals surface area (Å²) in [5.74, 6) is 0.194. The Morgan fingerprint density at radius 1 is 1.00 bits per heavy atom. The lowest BCUT2D eigenvalue weighted by atomic mass is 10.0. The van der Waals surface area contributed by atoms with Crippen molar-refractivity contribution < 1.29 is 23.5 Å². The molecule has 4 aromatic rings. The van der Waals surface area contributed by atoms with E-state index < -0.39 is 23.0 Å². The minimum atomic E-state index is -1.16. The number of hydrogen-bond acceptors (Lipinski definition) is 8. The summed E-state index contributed by atoms with van der Waals surface area (Å²) >= 11 is 0. The van der Waals surface area contributed by atoms with Gasteiger partial charge in [-0.3, -0.25) is 19.6 Å². The Kier molecular flexibility index (Phi) is 7.59. The predicted octanol–water partition coefficient (Wildman–Crippen LogP) is 4.93. The van der Waals surface area contributed by atoms with E-state index >= 15 is 0 Å². The summed E-state index contributed by atoms with van der Waals surface area (Å²) in [6, 6.07) is 15.6. The highest BCUT2D eigenvalue weighted by molar-refractivity contribution is 6.17. The lowest BCUT2D eigenvalue weighted by Crippen LogP contribution is -2.35. The molecule has 11 heteroatoms. The topological polar surface area (TPSA) is 141 Å². The first-order chi connectivity index (χ1) is 19.9. The van der Waals surface area contributed by atoms with Crippen molar-refractivity contribution in [3.05, 3.63) is 84.6 Å². The van der Waals surface area contributed by atoms with Crippen molar-refractivity contribution in [2.75, 3.05) is 24.8 Å². The van der Waals surface area contributed by atoms with Crippen LogP contribution in [0.1, 0.15) is 18.5 Å². The molecule has 1 fully saturated rings. The van der Waals surface area contributed by atoms with E-state index in [1.165, 1.54) is 37.6 Å². The van der Waals surface area contributed by atoms with Crippen LogP contribution >= 0.6 is 0 Å². The van der Waals surface area contributed by atoms with Gasteiger partial charge in [-0.15, -0.1) is 0 Å². The van der Waals surface area contributed by atoms with Crippen molar-refractivity contribution in [1.29, 1.82) is 0 Å². The summed E-state index contributed by atoms with van der Waals surface area (Å²) in [6.07, 6.45) is 5.43. The highest BCUT2D eigenvalue weighted by atomic mass is 19.1. The maximum absolute atomic E-state index is 13.2. The molecule has 2 amide bonds. The molecule has 0 radical (unpaired) electrons. The standard InChI is InChI=1S/C30H27FN6O4/c1-33-17-18(16-32)26-25(40-2)15-23-27(37-26)24(11-14-34-23)41-22-9-7-21(8-10-22)36-29(39)30(12-13-30)28(38)35-20-5-3-19(31)4-6-20/h3-11,14-17H,12-13,32H2,1-2H3,(H,35,38)(H,36,39). The maximum atomic E-state index is 13.2. The van der Waals surface area contributed by atoms with E-state index in [4.69, 9.17) is 20.2 Å². The van der Waals surface area contributed by atoms with Crippen LogP contribution in [0, 0.1) is 11.2 Å². The van der Waals surface area contributed by atoms with E-state index in [9.17, 15) is 14.0 Å². The third kappa shape index (κ3) is 5.69. The molecule has 41 heavy (non-hydrogen) atoms. The van der Waals surface area contributed by atoms with Gasteiger partial charge in [0.05, 0.1) is 12.6 Å². The van der Waals surface area contributed by atoms with Crippen LogP contribution in [0.15, 0.2) is 78.1 Å². The van der Waals surface area contributed by atoms with Crippen LogP contribution in [0.2, 0.25) is 0 Å². The van der Waals surface area contributed by atoms with Crippen LogP contribution in [0.25, 0.3) is 16.6 Å². The molecular formula is C30H27FN6O4. The zero-order valence-corrected chi connectivity index (χ0v) is 22.3. The van der Waals surface area contributed by atoms with Gasteiger partial charge < -0.3 is 25.8 Å². The Hall–Kier alpha value is -5.32. The zero-order chi connectivity index (χ0) is 29.0. The molecule has 0 saturated heterocycles. The number of aromatic nitrogens is 2. The van der Waals surface area contributed by atoms with Crippen molar-refractivity contribution in [2.24, 2.45) is 16.1 Å². The summed E-state index contributed by atoms with van der Waals surface area (Å²) in [7, 11) is 3.17. The number of methoxy groups -OCH3 is 1. The molecule has 0 spiro atoms. The average molecular weight is 555 g/mol. The molecule has 0 aliphatic heterocycles. The SMILES string of the molecule is CN=CC(=CN)c1nc2c(Oc3ccc(NC(=O)C4(C(=O)Nc5ccc(F)cc5)CC4)cc3)ccnc2cc1OC. The predicted molar refractivity (Wildman–Crippen MR) is 155 cm³/mol. The van der Waals surface area contributed by atoms with Crippen LogP contribution in [0.4, 0.5) is 15.8 Å². The Labute approximate surface area is 235 Å². The molecule has 2 heterocycles. The number of fused-ring (bicyclic) bond motifs is 1. The monoisotopic (exact) mass is 554 g/mol. The number of halogens is 1. The van der Waals surface area contributed by atoms with Crippen molar-refractivity contribution in [3.8, 4) is 17.2 Å². The third-order valence-corrected chi connectivity index (χ3v) is 6.64. The van der Waals surface area contributed by atoms with Gasteiger partial charge in [0.25, 0.3) is 0 Å². The first kappa shape index (κ1) is 27.3. The van der Waals surface area contributed by atoms with Gasteiger partial charge in [-0.2, -0.15) is 0 Å². The van der Waals surface area contributed by atoms with Crippen LogP contribution < -0.4 is 25.8 Å². The molecule has 2 aromatic carbocycles. The Bertz CT molecular complexity index is 1670. The molecule has 0 bridgehead atoms. The molecule has 1 aliphatic carbocycles. The Balaban J connectivity index is 1.31. The molecule has 1 saturated carbocycles. The van der Waals surface area contributed by atoms with E-state index in [2.05, 4.69) is 20.6 Å². The van der Waals surface area contributed by atoms with Gasteiger partial charge in [-0.1, -0.05) is 0 Å². The average Bonchev–Trinajstić information content (AvgIpc) is 3.80. The Morgan fingerprint density at radius 3 is 2.20 bits per heavy atom. The second-order valence-corrected chi connectivity index (χ2v) is 9.35. The molecule has 5 rings (SSSR count). The highest BCUT2D eigenvalue weighted by Gasteiger charge is 2.56. The van der Waals surface area contributed by atoms with Crippen LogP contribution in [0.3, 0.4) is 0 Å². The molecule has 1 aliphatic rings. The van der Waals surface area contributed by atoms with Gasteiger partial charge in [-0.25, -0.2) is 9.37 Å². The number of amides is 2. The maximum Gasteiger partial charge on any atom is 0.240 e. The fourth-order valence-corrected chi connectivity index (χ4v) is 4.25. The first-order valence-corrected chi connectivity index (χ1v) is 12.7. The third-order valence-electron chi connectivity index (χ3n) is 6.64. The van der Waals surface area contributed by atoms with Crippen molar-refractivity contribution >= 4 is 46.0 Å². The summed E-state index contributed by atoms with van der Waals surface area (Å²) in [4.78, 5) is 38.9. The van der Waals surface area contributed by atoms with Gasteiger partial charge in [0.2, 0.25) is 11.8 Å². The highest BCUT2D eigenvalue weighted by Crippen LogP contribution is 2.47. The number of allylic oxidation sites excluding steroid dienone is 1. The number of rotatable bonds is 9. The number of nitrogens with zero attached hydrogens (tertiary/aromatic N) is 3. The lowest BCUT2D eigenvalue weighted by molar-refractivity contribution is -0.131. The smallest absolute Gasteiger partial charge is 0.240 e. The van der Waals surface area contributed by atoms with Gasteiger partial charge in [0.1, 0.15) is 33.9 Å². The number of carbonyl (C=O) groups is 2. The zero-order valence-electron chi connectivity index (χ0n) is 22.3. The second kappa shape index (κ2) is 11.4. The van der Waals surface area contributed by atoms with Gasteiger partial charge in [0.15, 0.2) is 5.75 Å². The number of pyridine rings is 2. The van der Waals surface area contributed by atoms with Gasteiger partial charge >= 0.3 is 0 Å². The molecule has 4 N–H and O–H groups in total. The molecule has 0 unspecified atom stereocenters. The molecular weight excluding hydrogens is 527 g/mol.